The highest BCUT2D eigenvalue weighted by Crippen LogP contribution is 2.26. The van der Waals surface area contributed by atoms with Gasteiger partial charge in [0.2, 0.25) is 0 Å². The molecule has 0 aliphatic carbocycles. The molecule has 0 saturated carbocycles. The van der Waals surface area contributed by atoms with Gasteiger partial charge in [0.25, 0.3) is 0 Å². The first-order chi connectivity index (χ1) is 6.19. The molecule has 0 bridgehead atoms. The molecule has 1 heterocycles. The van der Waals surface area contributed by atoms with Crippen LogP contribution in [0.2, 0.25) is 0 Å². The summed E-state index contributed by atoms with van der Waals surface area (Å²) >= 11 is 1.71. The van der Waals surface area contributed by atoms with E-state index >= 15 is 0 Å². The van der Waals surface area contributed by atoms with Crippen molar-refractivity contribution in [3.8, 4) is 0 Å². The molecule has 1 nitrogen and oxygen atoms in total. The standard InChI is InChI=1S/C11H15NS/c1-5-7-9-11(8(3)4)12-10(6-2)13-9/h5-6,8H,1-2,7H2,3-4H3. The third kappa shape index (κ3) is 2.28. The first-order valence-electron chi connectivity index (χ1n) is 4.42. The van der Waals surface area contributed by atoms with Crippen LogP contribution in [0, 0.1) is 0 Å². The van der Waals surface area contributed by atoms with Gasteiger partial charge in [-0.1, -0.05) is 26.5 Å². The van der Waals surface area contributed by atoms with Crippen molar-refractivity contribution in [3.05, 3.63) is 34.8 Å². The molecule has 1 aromatic heterocycles. The predicted octanol–water partition coefficient (Wildman–Crippen LogP) is 3.64. The van der Waals surface area contributed by atoms with Crippen molar-refractivity contribution in [2.45, 2.75) is 26.2 Å². The molecule has 0 amide bonds. The maximum absolute atomic E-state index is 4.50. The van der Waals surface area contributed by atoms with Gasteiger partial charge in [-0.15, -0.1) is 17.9 Å². The van der Waals surface area contributed by atoms with E-state index in [0.717, 1.165) is 11.4 Å². The molecule has 0 aromatic carbocycles. The fourth-order valence-electron chi connectivity index (χ4n) is 1.20. The zero-order chi connectivity index (χ0) is 9.84. The maximum atomic E-state index is 4.50. The van der Waals surface area contributed by atoms with E-state index in [1.54, 1.807) is 11.3 Å². The van der Waals surface area contributed by atoms with E-state index in [9.17, 15) is 0 Å². The van der Waals surface area contributed by atoms with Crippen molar-refractivity contribution < 1.29 is 0 Å². The largest absolute Gasteiger partial charge is 0.241 e. The van der Waals surface area contributed by atoms with E-state index in [0.29, 0.717) is 5.92 Å². The van der Waals surface area contributed by atoms with Gasteiger partial charge in [0.15, 0.2) is 0 Å². The molecular formula is C11H15NS. The van der Waals surface area contributed by atoms with Crippen LogP contribution >= 0.6 is 11.3 Å². The lowest BCUT2D eigenvalue weighted by Crippen LogP contribution is -1.92. The van der Waals surface area contributed by atoms with Gasteiger partial charge in [0.05, 0.1) is 5.69 Å². The van der Waals surface area contributed by atoms with Crippen LogP contribution in [0.3, 0.4) is 0 Å². The molecule has 0 aliphatic rings. The van der Waals surface area contributed by atoms with Crippen molar-refractivity contribution in [1.82, 2.24) is 4.98 Å². The van der Waals surface area contributed by atoms with Gasteiger partial charge >= 0.3 is 0 Å². The highest BCUT2D eigenvalue weighted by atomic mass is 32.1. The molecule has 1 rings (SSSR count). The molecule has 2 heteroatoms. The van der Waals surface area contributed by atoms with E-state index in [1.807, 2.05) is 12.2 Å². The number of hydrogen-bond acceptors (Lipinski definition) is 2. The molecule has 0 atom stereocenters. The quantitative estimate of drug-likeness (QED) is 0.665. The first-order valence-corrected chi connectivity index (χ1v) is 5.23. The number of aromatic nitrogens is 1. The van der Waals surface area contributed by atoms with Gasteiger partial charge in [-0.3, -0.25) is 0 Å². The number of nitrogens with zero attached hydrogens (tertiary/aromatic N) is 1. The van der Waals surface area contributed by atoms with Crippen LogP contribution in [-0.4, -0.2) is 4.98 Å². The fraction of sp³-hybridized carbons (Fsp3) is 0.364. The van der Waals surface area contributed by atoms with Crippen molar-refractivity contribution in [2.24, 2.45) is 0 Å². The molecule has 0 fully saturated rings. The number of hydrogen-bond donors (Lipinski definition) is 0. The molecule has 0 aliphatic heterocycles. The smallest absolute Gasteiger partial charge is 0.116 e. The highest BCUT2D eigenvalue weighted by molar-refractivity contribution is 7.12. The van der Waals surface area contributed by atoms with E-state index in [4.69, 9.17) is 0 Å². The van der Waals surface area contributed by atoms with Gasteiger partial charge in [0.1, 0.15) is 5.01 Å². The lowest BCUT2D eigenvalue weighted by atomic mass is 10.1. The number of allylic oxidation sites excluding steroid dienone is 1. The zero-order valence-corrected chi connectivity index (χ0v) is 9.03. The first kappa shape index (κ1) is 10.2. The summed E-state index contributed by atoms with van der Waals surface area (Å²) < 4.78 is 0. The van der Waals surface area contributed by atoms with Crippen molar-refractivity contribution in [3.63, 3.8) is 0 Å². The molecule has 1 aromatic rings. The van der Waals surface area contributed by atoms with E-state index < -0.39 is 0 Å². The van der Waals surface area contributed by atoms with Crippen LogP contribution in [0.15, 0.2) is 19.2 Å². The zero-order valence-electron chi connectivity index (χ0n) is 8.21. The van der Waals surface area contributed by atoms with Gasteiger partial charge in [-0.2, -0.15) is 0 Å². The van der Waals surface area contributed by atoms with Crippen LogP contribution in [-0.2, 0) is 6.42 Å². The minimum atomic E-state index is 0.486. The summed E-state index contributed by atoms with van der Waals surface area (Å²) in [4.78, 5) is 5.82. The summed E-state index contributed by atoms with van der Waals surface area (Å²) in [6.45, 7) is 11.8. The molecule has 0 N–H and O–H groups in total. The lowest BCUT2D eigenvalue weighted by Gasteiger charge is -2.01. The van der Waals surface area contributed by atoms with Gasteiger partial charge in [-0.25, -0.2) is 4.98 Å². The summed E-state index contributed by atoms with van der Waals surface area (Å²) in [5, 5.41) is 1.01. The van der Waals surface area contributed by atoms with Crippen LogP contribution in [0.5, 0.6) is 0 Å². The van der Waals surface area contributed by atoms with E-state index in [2.05, 4.69) is 32.0 Å². The average Bonchev–Trinajstić information content (AvgIpc) is 2.48. The number of thiazole rings is 1. The summed E-state index contributed by atoms with van der Waals surface area (Å²) in [6, 6.07) is 0. The Morgan fingerprint density at radius 2 is 2.15 bits per heavy atom. The van der Waals surface area contributed by atoms with Crippen molar-refractivity contribution in [2.75, 3.05) is 0 Å². The fourth-order valence-corrected chi connectivity index (χ4v) is 2.26. The highest BCUT2D eigenvalue weighted by Gasteiger charge is 2.11. The lowest BCUT2D eigenvalue weighted by molar-refractivity contribution is 0.819. The SMILES string of the molecule is C=CCc1sc(C=C)nc1C(C)C. The molecule has 0 unspecified atom stereocenters. The van der Waals surface area contributed by atoms with Gasteiger partial charge < -0.3 is 0 Å². The second kappa shape index (κ2) is 4.38. The average molecular weight is 193 g/mol. The van der Waals surface area contributed by atoms with Crippen LogP contribution in [0.25, 0.3) is 6.08 Å². The van der Waals surface area contributed by atoms with Gasteiger partial charge in [0, 0.05) is 11.3 Å². The maximum Gasteiger partial charge on any atom is 0.116 e. The number of rotatable bonds is 4. The Kier molecular flexibility index (Phi) is 3.43. The Bertz CT molecular complexity index is 310. The normalized spacial score (nSPS) is 10.4. The minimum absolute atomic E-state index is 0.486. The molecule has 13 heavy (non-hydrogen) atoms. The molecule has 70 valence electrons. The van der Waals surface area contributed by atoms with Crippen LogP contribution in [0.1, 0.15) is 35.3 Å². The van der Waals surface area contributed by atoms with Crippen molar-refractivity contribution >= 4 is 17.4 Å². The summed E-state index contributed by atoms with van der Waals surface area (Å²) in [5.74, 6) is 0.486. The predicted molar refractivity (Wildman–Crippen MR) is 60.2 cm³/mol. The second-order valence-corrected chi connectivity index (χ2v) is 4.33. The van der Waals surface area contributed by atoms with E-state index in [-0.39, 0.29) is 0 Å². The minimum Gasteiger partial charge on any atom is -0.241 e. The molecule has 0 saturated heterocycles. The Balaban J connectivity index is 3.06. The third-order valence-electron chi connectivity index (χ3n) is 1.80. The second-order valence-electron chi connectivity index (χ2n) is 3.21. The summed E-state index contributed by atoms with van der Waals surface area (Å²) in [5.41, 5.74) is 1.19. The molecular weight excluding hydrogens is 178 g/mol. The van der Waals surface area contributed by atoms with Gasteiger partial charge in [-0.05, 0) is 12.0 Å². The summed E-state index contributed by atoms with van der Waals surface area (Å²) in [6.07, 6.45) is 4.65. The van der Waals surface area contributed by atoms with Crippen LogP contribution < -0.4 is 0 Å². The van der Waals surface area contributed by atoms with Crippen LogP contribution in [0.4, 0.5) is 0 Å². The van der Waals surface area contributed by atoms with Crippen molar-refractivity contribution in [1.29, 1.82) is 0 Å². The molecule has 0 spiro atoms. The Labute approximate surface area is 83.8 Å². The Hall–Kier alpha value is -0.890. The Morgan fingerprint density at radius 3 is 2.62 bits per heavy atom. The monoisotopic (exact) mass is 193 g/mol. The topological polar surface area (TPSA) is 12.9 Å². The Morgan fingerprint density at radius 1 is 1.46 bits per heavy atom. The van der Waals surface area contributed by atoms with E-state index in [1.165, 1.54) is 10.6 Å². The third-order valence-corrected chi connectivity index (χ3v) is 2.88. The summed E-state index contributed by atoms with van der Waals surface area (Å²) in [7, 11) is 0. The molecule has 0 radical (unpaired) electrons.